The summed E-state index contributed by atoms with van der Waals surface area (Å²) in [5.74, 6) is -1.67. The van der Waals surface area contributed by atoms with Crippen molar-refractivity contribution >= 4 is 18.0 Å². The lowest BCUT2D eigenvalue weighted by molar-refractivity contribution is -0.143. The average molecular weight is 258 g/mol. The van der Waals surface area contributed by atoms with Gasteiger partial charge in [-0.3, -0.25) is 9.59 Å². The highest BCUT2D eigenvalue weighted by Crippen LogP contribution is 1.98. The van der Waals surface area contributed by atoms with Crippen molar-refractivity contribution in [3.63, 3.8) is 0 Å². The molecule has 18 heavy (non-hydrogen) atoms. The Morgan fingerprint density at radius 3 is 2.39 bits per heavy atom. The van der Waals surface area contributed by atoms with Crippen molar-refractivity contribution in [3.8, 4) is 0 Å². The van der Waals surface area contributed by atoms with Crippen LogP contribution in [-0.2, 0) is 14.3 Å². The van der Waals surface area contributed by atoms with Gasteiger partial charge in [0.25, 0.3) is 0 Å². The fourth-order valence-corrected chi connectivity index (χ4v) is 1.24. The van der Waals surface area contributed by atoms with Crippen molar-refractivity contribution in [1.82, 2.24) is 9.80 Å². The predicted octanol–water partition coefficient (Wildman–Crippen LogP) is 0.174. The van der Waals surface area contributed by atoms with Crippen LogP contribution in [0.2, 0.25) is 0 Å². The second-order valence-electron chi connectivity index (χ2n) is 3.51. The zero-order valence-electron chi connectivity index (χ0n) is 10.6. The number of aliphatic carboxylic acids is 1. The maximum absolute atomic E-state index is 11.8. The zero-order valence-corrected chi connectivity index (χ0v) is 10.6. The molecule has 0 saturated carbocycles. The second kappa shape index (κ2) is 8.10. The Balaban J connectivity index is 4.50. The van der Waals surface area contributed by atoms with Gasteiger partial charge < -0.3 is 19.6 Å². The van der Waals surface area contributed by atoms with E-state index >= 15 is 0 Å². The number of hydrogen-bond donors (Lipinski definition) is 1. The molecule has 0 bridgehead atoms. The number of ether oxygens (including phenoxy) is 1. The van der Waals surface area contributed by atoms with Crippen LogP contribution >= 0.6 is 0 Å². The molecule has 0 aromatic carbocycles. The highest BCUT2D eigenvalue weighted by Gasteiger charge is 2.21. The molecule has 0 aromatic rings. The van der Waals surface area contributed by atoms with Crippen LogP contribution in [-0.4, -0.2) is 66.2 Å². The Hall–Kier alpha value is -2.05. The van der Waals surface area contributed by atoms with E-state index in [4.69, 9.17) is 9.84 Å². The smallest absolute Gasteiger partial charge is 0.325 e. The first-order valence-corrected chi connectivity index (χ1v) is 5.40. The van der Waals surface area contributed by atoms with Gasteiger partial charge in [0, 0.05) is 13.6 Å². The lowest BCUT2D eigenvalue weighted by atomic mass is 10.4. The minimum absolute atomic E-state index is 0.0955. The van der Waals surface area contributed by atoms with Gasteiger partial charge in [-0.05, 0) is 6.92 Å². The summed E-state index contributed by atoms with van der Waals surface area (Å²) < 4.78 is 4.70. The van der Waals surface area contributed by atoms with Crippen molar-refractivity contribution in [2.24, 2.45) is 0 Å². The molecule has 0 aliphatic carbocycles. The highest BCUT2D eigenvalue weighted by molar-refractivity contribution is 5.83. The van der Waals surface area contributed by atoms with E-state index in [0.29, 0.717) is 0 Å². The first kappa shape index (κ1) is 16.0. The topological polar surface area (TPSA) is 87.2 Å². The lowest BCUT2D eigenvalue weighted by Gasteiger charge is -2.25. The summed E-state index contributed by atoms with van der Waals surface area (Å²) in [6.07, 6.45) is 1.42. The van der Waals surface area contributed by atoms with Crippen LogP contribution < -0.4 is 0 Å². The molecule has 0 saturated heterocycles. The van der Waals surface area contributed by atoms with Gasteiger partial charge in [-0.2, -0.15) is 0 Å². The van der Waals surface area contributed by atoms with Gasteiger partial charge in [-0.15, -0.1) is 6.58 Å². The van der Waals surface area contributed by atoms with Crippen LogP contribution in [0.15, 0.2) is 12.7 Å². The Morgan fingerprint density at radius 2 is 1.94 bits per heavy atom. The normalized spacial score (nSPS) is 9.44. The number of carboxylic acid groups (broad SMARTS) is 1. The van der Waals surface area contributed by atoms with E-state index in [1.165, 1.54) is 13.1 Å². The summed E-state index contributed by atoms with van der Waals surface area (Å²) in [4.78, 5) is 35.8. The third-order valence-electron chi connectivity index (χ3n) is 1.94. The molecule has 0 unspecified atom stereocenters. The van der Waals surface area contributed by atoms with E-state index in [1.54, 1.807) is 6.92 Å². The molecular weight excluding hydrogens is 240 g/mol. The van der Waals surface area contributed by atoms with Crippen LogP contribution in [0.4, 0.5) is 4.79 Å². The molecule has 7 heteroatoms. The van der Waals surface area contributed by atoms with Crippen LogP contribution in [0, 0.1) is 0 Å². The minimum atomic E-state index is -1.13. The number of carbonyl (C=O) groups is 3. The molecular formula is C11H18N2O5. The first-order chi connectivity index (χ1) is 8.42. The van der Waals surface area contributed by atoms with Crippen LogP contribution in [0.25, 0.3) is 0 Å². The second-order valence-corrected chi connectivity index (χ2v) is 3.51. The molecule has 0 fully saturated rings. The SMILES string of the molecule is C=CCN(CC(=O)O)C(=O)N(C)CC(=O)OCC. The fraction of sp³-hybridized carbons (Fsp3) is 0.545. The Labute approximate surface area is 106 Å². The third-order valence-corrected chi connectivity index (χ3v) is 1.94. The van der Waals surface area contributed by atoms with Crippen molar-refractivity contribution < 1.29 is 24.2 Å². The van der Waals surface area contributed by atoms with Gasteiger partial charge in [0.2, 0.25) is 0 Å². The predicted molar refractivity (Wildman–Crippen MR) is 64.1 cm³/mol. The Morgan fingerprint density at radius 1 is 1.33 bits per heavy atom. The third kappa shape index (κ3) is 5.88. The average Bonchev–Trinajstić information content (AvgIpc) is 2.27. The number of rotatable bonds is 7. The Bertz CT molecular complexity index is 329. The molecule has 0 rings (SSSR count). The summed E-state index contributed by atoms with van der Waals surface area (Å²) in [6.45, 7) is 4.76. The number of carbonyl (C=O) groups excluding carboxylic acids is 2. The number of amides is 2. The van der Waals surface area contributed by atoms with Crippen LogP contribution in [0.3, 0.4) is 0 Å². The van der Waals surface area contributed by atoms with Crippen molar-refractivity contribution in [2.45, 2.75) is 6.92 Å². The standard InChI is InChI=1S/C11H18N2O5/c1-4-6-13(7-9(14)15)11(17)12(3)8-10(16)18-5-2/h4H,1,5-8H2,2-3H3,(H,14,15). The summed E-state index contributed by atoms with van der Waals surface area (Å²) in [7, 11) is 1.40. The molecule has 0 aromatic heterocycles. The highest BCUT2D eigenvalue weighted by atomic mass is 16.5. The maximum atomic E-state index is 11.8. The minimum Gasteiger partial charge on any atom is -0.480 e. The number of esters is 1. The van der Waals surface area contributed by atoms with Crippen molar-refractivity contribution in [2.75, 3.05) is 33.3 Å². The molecule has 7 nitrogen and oxygen atoms in total. The summed E-state index contributed by atoms with van der Waals surface area (Å²) in [5.41, 5.74) is 0. The van der Waals surface area contributed by atoms with Gasteiger partial charge in [0.1, 0.15) is 13.1 Å². The summed E-state index contributed by atoms with van der Waals surface area (Å²) >= 11 is 0. The molecule has 0 radical (unpaired) electrons. The number of nitrogens with zero attached hydrogens (tertiary/aromatic N) is 2. The fourth-order valence-electron chi connectivity index (χ4n) is 1.24. The molecule has 0 spiro atoms. The molecule has 0 atom stereocenters. The molecule has 102 valence electrons. The zero-order chi connectivity index (χ0) is 14.1. The first-order valence-electron chi connectivity index (χ1n) is 5.40. The quantitative estimate of drug-likeness (QED) is 0.519. The van der Waals surface area contributed by atoms with Crippen LogP contribution in [0.5, 0.6) is 0 Å². The largest absolute Gasteiger partial charge is 0.480 e. The van der Waals surface area contributed by atoms with E-state index < -0.39 is 24.5 Å². The van der Waals surface area contributed by atoms with Gasteiger partial charge in [-0.25, -0.2) is 4.79 Å². The van der Waals surface area contributed by atoms with E-state index in [9.17, 15) is 14.4 Å². The Kier molecular flexibility index (Phi) is 7.18. The van der Waals surface area contributed by atoms with Gasteiger partial charge in [0.05, 0.1) is 6.61 Å². The monoisotopic (exact) mass is 258 g/mol. The molecule has 0 heterocycles. The number of hydrogen-bond acceptors (Lipinski definition) is 4. The molecule has 0 aliphatic heterocycles. The van der Waals surface area contributed by atoms with E-state index in [1.807, 2.05) is 0 Å². The van der Waals surface area contributed by atoms with Gasteiger partial charge in [-0.1, -0.05) is 6.08 Å². The van der Waals surface area contributed by atoms with E-state index in [0.717, 1.165) is 9.80 Å². The summed E-state index contributed by atoms with van der Waals surface area (Å²) in [6, 6.07) is -0.564. The van der Waals surface area contributed by atoms with Crippen molar-refractivity contribution in [3.05, 3.63) is 12.7 Å². The molecule has 1 N–H and O–H groups in total. The number of urea groups is 1. The van der Waals surface area contributed by atoms with E-state index in [-0.39, 0.29) is 19.7 Å². The van der Waals surface area contributed by atoms with Crippen molar-refractivity contribution in [1.29, 1.82) is 0 Å². The number of carboxylic acids is 1. The van der Waals surface area contributed by atoms with E-state index in [2.05, 4.69) is 6.58 Å². The number of likely N-dealkylation sites (N-methyl/N-ethyl adjacent to an activating group) is 1. The lowest BCUT2D eigenvalue weighted by Crippen LogP contribution is -2.45. The van der Waals surface area contributed by atoms with Gasteiger partial charge >= 0.3 is 18.0 Å². The maximum Gasteiger partial charge on any atom is 0.325 e. The summed E-state index contributed by atoms with van der Waals surface area (Å²) in [5, 5.41) is 8.67. The molecule has 2 amide bonds. The van der Waals surface area contributed by atoms with Gasteiger partial charge in [0.15, 0.2) is 0 Å². The van der Waals surface area contributed by atoms with Crippen LogP contribution in [0.1, 0.15) is 6.92 Å². The molecule has 0 aliphatic rings.